The Labute approximate surface area is 133 Å². The van der Waals surface area contributed by atoms with E-state index in [9.17, 15) is 9.59 Å². The Bertz CT molecular complexity index is 1010. The smallest absolute Gasteiger partial charge is 0.332 e. The molecule has 2 aromatic heterocycles. The highest BCUT2D eigenvalue weighted by atomic mass is 16.2. The van der Waals surface area contributed by atoms with Crippen LogP contribution < -0.4 is 16.6 Å². The first-order chi connectivity index (χ1) is 10.9. The predicted octanol–water partition coefficient (Wildman–Crippen LogP) is 1.99. The maximum Gasteiger partial charge on any atom is 0.332 e. The number of aryl methyl sites for hydroxylation is 3. The molecule has 118 valence electrons. The minimum Gasteiger partial charge on any atom is -0.354 e. The highest BCUT2D eigenvalue weighted by Crippen LogP contribution is 2.25. The highest BCUT2D eigenvalue weighted by molar-refractivity contribution is 5.92. The molecule has 1 aromatic carbocycles. The minimum absolute atomic E-state index is 0.353. The van der Waals surface area contributed by atoms with Crippen molar-refractivity contribution in [2.24, 2.45) is 14.1 Å². The number of anilines is 2. The fraction of sp³-hybridized carbons (Fsp3) is 0.235. The summed E-state index contributed by atoms with van der Waals surface area (Å²) in [4.78, 5) is 28.9. The lowest BCUT2D eigenvalue weighted by atomic mass is 10.1. The van der Waals surface area contributed by atoms with Crippen LogP contribution in [-0.2, 0) is 14.1 Å². The number of hydrogen-bond acceptors (Lipinski definition) is 4. The lowest BCUT2D eigenvalue weighted by molar-refractivity contribution is 0.707. The Morgan fingerprint density at radius 1 is 1.00 bits per heavy atom. The van der Waals surface area contributed by atoms with Crippen molar-refractivity contribution in [1.29, 1.82) is 0 Å². The molecular formula is C17H18N4O2. The average molecular weight is 310 g/mol. The molecule has 23 heavy (non-hydrogen) atoms. The molecule has 0 aliphatic rings. The van der Waals surface area contributed by atoms with Crippen LogP contribution in [0.2, 0.25) is 0 Å². The van der Waals surface area contributed by atoms with Gasteiger partial charge in [-0.25, -0.2) is 9.78 Å². The first-order valence-electron chi connectivity index (χ1n) is 7.29. The van der Waals surface area contributed by atoms with Gasteiger partial charge in [-0.2, -0.15) is 0 Å². The molecule has 0 aliphatic heterocycles. The van der Waals surface area contributed by atoms with Gasteiger partial charge in [0.15, 0.2) is 5.65 Å². The Kier molecular flexibility index (Phi) is 3.52. The Hall–Kier alpha value is -2.89. The Morgan fingerprint density at radius 2 is 1.65 bits per heavy atom. The van der Waals surface area contributed by atoms with Crippen molar-refractivity contribution in [2.45, 2.75) is 13.8 Å². The number of aromatic nitrogens is 3. The molecule has 0 unspecified atom stereocenters. The number of nitrogens with zero attached hydrogens (tertiary/aromatic N) is 3. The van der Waals surface area contributed by atoms with Gasteiger partial charge in [0.25, 0.3) is 5.56 Å². The third-order valence-electron chi connectivity index (χ3n) is 3.98. The van der Waals surface area contributed by atoms with Crippen molar-refractivity contribution < 1.29 is 0 Å². The van der Waals surface area contributed by atoms with Crippen LogP contribution in [0.5, 0.6) is 0 Å². The highest BCUT2D eigenvalue weighted by Gasteiger charge is 2.15. The first kappa shape index (κ1) is 15.0. The second kappa shape index (κ2) is 5.39. The van der Waals surface area contributed by atoms with Crippen LogP contribution in [0.25, 0.3) is 11.0 Å². The van der Waals surface area contributed by atoms with E-state index in [1.807, 2.05) is 38.1 Å². The molecule has 3 aromatic rings. The van der Waals surface area contributed by atoms with Crippen LogP contribution in [0.1, 0.15) is 11.1 Å². The summed E-state index contributed by atoms with van der Waals surface area (Å²) in [5.74, 6) is 0. The number of rotatable bonds is 2. The summed E-state index contributed by atoms with van der Waals surface area (Å²) in [6.07, 6.45) is 1.66. The second-order valence-corrected chi connectivity index (χ2v) is 5.71. The molecule has 3 rings (SSSR count). The molecule has 6 nitrogen and oxygen atoms in total. The zero-order chi connectivity index (χ0) is 16.7. The van der Waals surface area contributed by atoms with Crippen LogP contribution in [-0.4, -0.2) is 14.1 Å². The normalized spacial score (nSPS) is 11.0. The molecule has 0 aliphatic carbocycles. The van der Waals surface area contributed by atoms with E-state index in [2.05, 4.69) is 10.3 Å². The third kappa shape index (κ3) is 2.42. The van der Waals surface area contributed by atoms with Gasteiger partial charge >= 0.3 is 5.69 Å². The van der Waals surface area contributed by atoms with Gasteiger partial charge in [0.1, 0.15) is 5.39 Å². The van der Waals surface area contributed by atoms with Crippen LogP contribution in [0.4, 0.5) is 11.4 Å². The van der Waals surface area contributed by atoms with Gasteiger partial charge in [-0.1, -0.05) is 17.7 Å². The topological polar surface area (TPSA) is 68.9 Å². The van der Waals surface area contributed by atoms with Crippen molar-refractivity contribution in [3.63, 3.8) is 0 Å². The van der Waals surface area contributed by atoms with Gasteiger partial charge < -0.3 is 5.32 Å². The molecule has 0 spiro atoms. The van der Waals surface area contributed by atoms with Gasteiger partial charge in [-0.05, 0) is 31.5 Å². The summed E-state index contributed by atoms with van der Waals surface area (Å²) in [6.45, 7) is 3.90. The fourth-order valence-corrected chi connectivity index (χ4v) is 2.57. The van der Waals surface area contributed by atoms with Gasteiger partial charge in [0.05, 0.1) is 5.69 Å². The van der Waals surface area contributed by atoms with E-state index >= 15 is 0 Å². The quantitative estimate of drug-likeness (QED) is 0.786. The zero-order valence-corrected chi connectivity index (χ0v) is 13.5. The van der Waals surface area contributed by atoms with E-state index < -0.39 is 0 Å². The van der Waals surface area contributed by atoms with Gasteiger partial charge in [-0.15, -0.1) is 0 Å². The van der Waals surface area contributed by atoms with E-state index in [1.54, 1.807) is 13.2 Å². The molecule has 0 fully saturated rings. The van der Waals surface area contributed by atoms with Crippen LogP contribution >= 0.6 is 0 Å². The largest absolute Gasteiger partial charge is 0.354 e. The summed E-state index contributed by atoms with van der Waals surface area (Å²) < 4.78 is 2.49. The van der Waals surface area contributed by atoms with E-state index in [1.165, 1.54) is 11.6 Å². The monoisotopic (exact) mass is 310 g/mol. The number of hydrogen-bond donors (Lipinski definition) is 1. The summed E-state index contributed by atoms with van der Waals surface area (Å²) in [5.41, 5.74) is 3.18. The molecule has 0 saturated heterocycles. The van der Waals surface area contributed by atoms with E-state index in [-0.39, 0.29) is 11.2 Å². The van der Waals surface area contributed by atoms with Crippen molar-refractivity contribution in [3.05, 3.63) is 62.4 Å². The van der Waals surface area contributed by atoms with Crippen LogP contribution in [0, 0.1) is 13.8 Å². The lowest BCUT2D eigenvalue weighted by Crippen LogP contribution is -2.37. The molecule has 0 amide bonds. The predicted molar refractivity (Wildman–Crippen MR) is 91.4 cm³/mol. The number of nitrogens with one attached hydrogen (secondary N) is 1. The van der Waals surface area contributed by atoms with E-state index in [4.69, 9.17) is 0 Å². The maximum absolute atomic E-state index is 12.6. The lowest BCUT2D eigenvalue weighted by Gasteiger charge is -2.14. The van der Waals surface area contributed by atoms with Gasteiger partial charge in [0.2, 0.25) is 0 Å². The maximum atomic E-state index is 12.6. The van der Waals surface area contributed by atoms with Crippen LogP contribution in [0.15, 0.2) is 40.1 Å². The average Bonchev–Trinajstić information content (AvgIpc) is 2.54. The molecule has 2 heterocycles. The van der Waals surface area contributed by atoms with Crippen molar-refractivity contribution in [2.75, 3.05) is 5.32 Å². The summed E-state index contributed by atoms with van der Waals surface area (Å²) >= 11 is 0. The van der Waals surface area contributed by atoms with E-state index in [0.29, 0.717) is 16.7 Å². The molecule has 0 bridgehead atoms. The first-order valence-corrected chi connectivity index (χ1v) is 7.29. The number of fused-ring (bicyclic) bond motifs is 1. The summed E-state index contributed by atoms with van der Waals surface area (Å²) in [6, 6.07) is 7.89. The Morgan fingerprint density at radius 3 is 2.30 bits per heavy atom. The number of benzene rings is 1. The minimum atomic E-state index is -0.389. The second-order valence-electron chi connectivity index (χ2n) is 5.71. The van der Waals surface area contributed by atoms with Crippen LogP contribution in [0.3, 0.4) is 0 Å². The van der Waals surface area contributed by atoms with Crippen molar-refractivity contribution >= 4 is 22.4 Å². The zero-order valence-electron chi connectivity index (χ0n) is 13.5. The molecule has 0 radical (unpaired) electrons. The molecule has 0 atom stereocenters. The van der Waals surface area contributed by atoms with Crippen molar-refractivity contribution in [1.82, 2.24) is 14.1 Å². The van der Waals surface area contributed by atoms with Crippen molar-refractivity contribution in [3.8, 4) is 0 Å². The SMILES string of the molecule is Cc1ccc(Nc2c(C)cnc3c2c(=O)n(C)c(=O)n3C)cc1. The Balaban J connectivity index is 2.32. The van der Waals surface area contributed by atoms with Gasteiger partial charge in [0, 0.05) is 26.0 Å². The molecule has 1 N–H and O–H groups in total. The van der Waals surface area contributed by atoms with E-state index in [0.717, 1.165) is 21.4 Å². The summed E-state index contributed by atoms with van der Waals surface area (Å²) in [5, 5.41) is 3.70. The molecule has 0 saturated carbocycles. The summed E-state index contributed by atoms with van der Waals surface area (Å²) in [7, 11) is 3.09. The molecular weight excluding hydrogens is 292 g/mol. The molecule has 6 heteroatoms. The third-order valence-corrected chi connectivity index (χ3v) is 3.98. The fourth-order valence-electron chi connectivity index (χ4n) is 2.57. The van der Waals surface area contributed by atoms with Gasteiger partial charge in [-0.3, -0.25) is 13.9 Å². The number of pyridine rings is 1. The standard InChI is InChI=1S/C17H18N4O2/c1-10-5-7-12(8-6-10)19-14-11(2)9-18-15-13(14)16(22)21(4)17(23)20(15)3/h5-9H,1-4H3,(H,18,19).